The summed E-state index contributed by atoms with van der Waals surface area (Å²) < 4.78 is 54.9. The van der Waals surface area contributed by atoms with E-state index < -0.39 is 17.5 Å². The molecule has 1 heterocycles. The van der Waals surface area contributed by atoms with Crippen LogP contribution in [0.5, 0.6) is 17.2 Å². The number of halogens is 3. The molecule has 27 heavy (non-hydrogen) atoms. The molecule has 0 aromatic heterocycles. The lowest BCUT2D eigenvalue weighted by Gasteiger charge is -2.29. The molecule has 0 amide bonds. The molecule has 0 saturated heterocycles. The Morgan fingerprint density at radius 1 is 0.963 bits per heavy atom. The molecule has 4 rings (SSSR count). The molecular weight excluding hydrogens is 353 g/mol. The lowest BCUT2D eigenvalue weighted by Crippen LogP contribution is -2.15. The van der Waals surface area contributed by atoms with Crippen LogP contribution in [0.15, 0.2) is 18.2 Å². The van der Waals surface area contributed by atoms with Crippen LogP contribution in [0.2, 0.25) is 0 Å². The maximum Gasteiger partial charge on any atom is 0.207 e. The van der Waals surface area contributed by atoms with Crippen LogP contribution in [-0.2, 0) is 6.42 Å². The van der Waals surface area contributed by atoms with Crippen LogP contribution in [0.1, 0.15) is 62.1 Å². The molecule has 1 fully saturated rings. The average molecular weight is 376 g/mol. The first kappa shape index (κ1) is 18.2. The van der Waals surface area contributed by atoms with Gasteiger partial charge in [-0.1, -0.05) is 25.8 Å². The molecule has 0 spiro atoms. The van der Waals surface area contributed by atoms with Gasteiger partial charge in [-0.2, -0.15) is 8.78 Å². The highest BCUT2D eigenvalue weighted by Gasteiger charge is 2.31. The summed E-state index contributed by atoms with van der Waals surface area (Å²) in [6.45, 7) is 4.24. The Balaban J connectivity index is 1.71. The van der Waals surface area contributed by atoms with E-state index in [1.807, 2.05) is 0 Å². The summed E-state index contributed by atoms with van der Waals surface area (Å²) in [6.07, 6.45) is 4.07. The molecule has 5 heteroatoms. The Bertz CT molecular complexity index is 871. The number of hydrogen-bond acceptors (Lipinski definition) is 2. The minimum atomic E-state index is -1.02. The highest BCUT2D eigenvalue weighted by molar-refractivity contribution is 5.55. The lowest BCUT2D eigenvalue weighted by atomic mass is 9.78. The van der Waals surface area contributed by atoms with Crippen LogP contribution in [0.25, 0.3) is 0 Å². The lowest BCUT2D eigenvalue weighted by molar-refractivity contribution is 0.308. The van der Waals surface area contributed by atoms with Crippen molar-refractivity contribution in [1.29, 1.82) is 0 Å². The minimum Gasteiger partial charge on any atom is -0.491 e. The Labute approximate surface area is 157 Å². The number of fused-ring (bicyclic) bond motifs is 2. The topological polar surface area (TPSA) is 18.5 Å². The average Bonchev–Trinajstić information content (AvgIpc) is 2.67. The summed E-state index contributed by atoms with van der Waals surface area (Å²) in [7, 11) is 0. The second-order valence-corrected chi connectivity index (χ2v) is 7.62. The predicted molar refractivity (Wildman–Crippen MR) is 97.2 cm³/mol. The van der Waals surface area contributed by atoms with Gasteiger partial charge in [-0.3, -0.25) is 0 Å². The van der Waals surface area contributed by atoms with Gasteiger partial charge in [-0.15, -0.1) is 0 Å². The third-order valence-corrected chi connectivity index (χ3v) is 5.75. The van der Waals surface area contributed by atoms with E-state index in [2.05, 4.69) is 6.92 Å². The normalized spacial score (nSPS) is 21.2. The largest absolute Gasteiger partial charge is 0.491 e. The first-order valence-electron chi connectivity index (χ1n) is 9.62. The van der Waals surface area contributed by atoms with Crippen LogP contribution < -0.4 is 9.47 Å². The van der Waals surface area contributed by atoms with Crippen molar-refractivity contribution >= 4 is 0 Å². The van der Waals surface area contributed by atoms with Crippen molar-refractivity contribution < 1.29 is 22.6 Å². The zero-order chi connectivity index (χ0) is 19.1. The molecule has 1 saturated carbocycles. The van der Waals surface area contributed by atoms with E-state index in [0.717, 1.165) is 25.7 Å². The molecule has 2 aromatic carbocycles. The molecule has 0 unspecified atom stereocenters. The van der Waals surface area contributed by atoms with Crippen molar-refractivity contribution in [1.82, 2.24) is 0 Å². The van der Waals surface area contributed by atoms with Crippen LogP contribution >= 0.6 is 0 Å². The molecule has 2 aromatic rings. The maximum absolute atomic E-state index is 14.8. The predicted octanol–water partition coefficient (Wildman–Crippen LogP) is 6.49. The zero-order valence-corrected chi connectivity index (χ0v) is 15.6. The van der Waals surface area contributed by atoms with Crippen LogP contribution in [0.4, 0.5) is 13.2 Å². The van der Waals surface area contributed by atoms with E-state index in [4.69, 9.17) is 9.47 Å². The van der Waals surface area contributed by atoms with Crippen molar-refractivity contribution in [3.8, 4) is 17.2 Å². The molecule has 0 bridgehead atoms. The van der Waals surface area contributed by atoms with Gasteiger partial charge in [0.1, 0.15) is 0 Å². The highest BCUT2D eigenvalue weighted by Crippen LogP contribution is 2.46. The quantitative estimate of drug-likeness (QED) is 0.520. The Kier molecular flexibility index (Phi) is 4.79. The SMILES string of the molecule is CCOc1ccc2c(c1F)Oc1c(cc(C3CCC(C)CC3)c(F)c1F)C2. The van der Waals surface area contributed by atoms with Crippen LogP contribution in [0.3, 0.4) is 0 Å². The summed E-state index contributed by atoms with van der Waals surface area (Å²) in [5.41, 5.74) is 1.60. The second kappa shape index (κ2) is 7.10. The smallest absolute Gasteiger partial charge is 0.207 e. The Morgan fingerprint density at radius 3 is 2.37 bits per heavy atom. The van der Waals surface area contributed by atoms with E-state index in [9.17, 15) is 13.2 Å². The van der Waals surface area contributed by atoms with Crippen molar-refractivity contribution in [2.75, 3.05) is 6.61 Å². The fourth-order valence-electron chi connectivity index (χ4n) is 4.20. The molecule has 1 aliphatic heterocycles. The van der Waals surface area contributed by atoms with Gasteiger partial charge in [0.15, 0.2) is 23.1 Å². The van der Waals surface area contributed by atoms with Gasteiger partial charge in [-0.25, -0.2) is 4.39 Å². The van der Waals surface area contributed by atoms with E-state index >= 15 is 0 Å². The van der Waals surface area contributed by atoms with Crippen molar-refractivity contribution in [3.63, 3.8) is 0 Å². The van der Waals surface area contributed by atoms with E-state index in [-0.39, 0.29) is 23.2 Å². The maximum atomic E-state index is 14.8. The fourth-order valence-corrected chi connectivity index (χ4v) is 4.20. The molecular formula is C22H23F3O2. The van der Waals surface area contributed by atoms with Crippen molar-refractivity contribution in [2.24, 2.45) is 5.92 Å². The summed E-state index contributed by atoms with van der Waals surface area (Å²) in [5, 5.41) is 0. The molecule has 2 nitrogen and oxygen atoms in total. The molecule has 0 atom stereocenters. The summed E-state index contributed by atoms with van der Waals surface area (Å²) >= 11 is 0. The van der Waals surface area contributed by atoms with Crippen LogP contribution in [0, 0.1) is 23.4 Å². The molecule has 2 aliphatic rings. The number of ether oxygens (including phenoxy) is 2. The van der Waals surface area contributed by atoms with Gasteiger partial charge in [0, 0.05) is 17.5 Å². The number of hydrogen-bond donors (Lipinski definition) is 0. The first-order chi connectivity index (χ1) is 13.0. The third kappa shape index (κ3) is 3.17. The van der Waals surface area contributed by atoms with Gasteiger partial charge in [0.25, 0.3) is 0 Å². The first-order valence-corrected chi connectivity index (χ1v) is 9.62. The van der Waals surface area contributed by atoms with E-state index in [0.29, 0.717) is 35.6 Å². The summed E-state index contributed by atoms with van der Waals surface area (Å²) in [4.78, 5) is 0. The number of rotatable bonds is 3. The third-order valence-electron chi connectivity index (χ3n) is 5.75. The van der Waals surface area contributed by atoms with Gasteiger partial charge >= 0.3 is 0 Å². The molecule has 0 radical (unpaired) electrons. The molecule has 1 aliphatic carbocycles. The Morgan fingerprint density at radius 2 is 1.67 bits per heavy atom. The van der Waals surface area contributed by atoms with Gasteiger partial charge in [0.2, 0.25) is 11.6 Å². The van der Waals surface area contributed by atoms with E-state index in [1.54, 1.807) is 25.1 Å². The summed E-state index contributed by atoms with van der Waals surface area (Å²) in [6, 6.07) is 4.98. The summed E-state index contributed by atoms with van der Waals surface area (Å²) in [5.74, 6) is -2.14. The number of benzene rings is 2. The van der Waals surface area contributed by atoms with Gasteiger partial charge in [-0.05, 0) is 49.3 Å². The monoisotopic (exact) mass is 376 g/mol. The van der Waals surface area contributed by atoms with Gasteiger partial charge < -0.3 is 9.47 Å². The molecule has 144 valence electrons. The second-order valence-electron chi connectivity index (χ2n) is 7.62. The fraction of sp³-hybridized carbons (Fsp3) is 0.455. The minimum absolute atomic E-state index is 0.0273. The highest BCUT2D eigenvalue weighted by atomic mass is 19.2. The van der Waals surface area contributed by atoms with Crippen molar-refractivity contribution in [3.05, 3.63) is 52.3 Å². The van der Waals surface area contributed by atoms with Crippen LogP contribution in [-0.4, -0.2) is 6.61 Å². The zero-order valence-electron chi connectivity index (χ0n) is 15.6. The van der Waals surface area contributed by atoms with Crippen molar-refractivity contribution in [2.45, 2.75) is 51.9 Å². The van der Waals surface area contributed by atoms with Gasteiger partial charge in [0.05, 0.1) is 6.61 Å². The van der Waals surface area contributed by atoms with E-state index in [1.165, 1.54) is 0 Å². The molecule has 0 N–H and O–H groups in total. The standard InChI is InChI=1S/C22H23F3O2/c1-3-26-17-9-8-14-10-15-11-16(13-6-4-12(2)5-7-13)18(23)20(25)22(15)27-21(14)19(17)24/h8-9,11-13H,3-7,10H2,1-2H3. The Hall–Kier alpha value is -2.17.